The van der Waals surface area contributed by atoms with Gasteiger partial charge in [0.25, 0.3) is 0 Å². The number of aryl methyl sites for hydroxylation is 1. The Kier molecular flexibility index (Phi) is 8.50. The lowest BCUT2D eigenvalue weighted by molar-refractivity contribution is 0.156. The summed E-state index contributed by atoms with van der Waals surface area (Å²) < 4.78 is 0. The van der Waals surface area contributed by atoms with E-state index in [-0.39, 0.29) is 6.10 Å². The van der Waals surface area contributed by atoms with Gasteiger partial charge in [0, 0.05) is 18.8 Å². The zero-order valence-corrected chi connectivity index (χ0v) is 15.6. The Bertz CT molecular complexity index is 571. The number of anilines is 1. The lowest BCUT2D eigenvalue weighted by Crippen LogP contribution is -2.30. The van der Waals surface area contributed by atoms with Gasteiger partial charge in [-0.1, -0.05) is 48.5 Å². The molecule has 136 valence electrons. The summed E-state index contributed by atoms with van der Waals surface area (Å²) in [5, 5.41) is 10.4. The third-order valence-corrected chi connectivity index (χ3v) is 4.50. The van der Waals surface area contributed by atoms with E-state index in [2.05, 4.69) is 78.5 Å². The summed E-state index contributed by atoms with van der Waals surface area (Å²) in [4.78, 5) is 4.62. The number of benzene rings is 2. The number of rotatable bonds is 11. The van der Waals surface area contributed by atoms with Gasteiger partial charge in [0.15, 0.2) is 0 Å². The van der Waals surface area contributed by atoms with E-state index >= 15 is 0 Å². The summed E-state index contributed by atoms with van der Waals surface area (Å²) in [6.45, 7) is 3.00. The molecule has 3 nitrogen and oxygen atoms in total. The fourth-order valence-corrected chi connectivity index (χ4v) is 3.01. The Labute approximate surface area is 152 Å². The van der Waals surface area contributed by atoms with E-state index in [0.29, 0.717) is 0 Å². The highest BCUT2D eigenvalue weighted by Crippen LogP contribution is 2.16. The summed E-state index contributed by atoms with van der Waals surface area (Å²) in [7, 11) is 4.22. The monoisotopic (exact) mass is 340 g/mol. The van der Waals surface area contributed by atoms with E-state index in [4.69, 9.17) is 0 Å². The molecule has 1 N–H and O–H groups in total. The molecule has 0 aromatic heterocycles. The van der Waals surface area contributed by atoms with Crippen LogP contribution in [0.5, 0.6) is 0 Å². The second kappa shape index (κ2) is 10.9. The van der Waals surface area contributed by atoms with Gasteiger partial charge >= 0.3 is 0 Å². The van der Waals surface area contributed by atoms with E-state index < -0.39 is 0 Å². The van der Waals surface area contributed by atoms with E-state index in [0.717, 1.165) is 45.3 Å². The average molecular weight is 341 g/mol. The molecule has 1 atom stereocenters. The van der Waals surface area contributed by atoms with Gasteiger partial charge in [-0.15, -0.1) is 0 Å². The molecule has 0 saturated carbocycles. The summed E-state index contributed by atoms with van der Waals surface area (Å²) in [6.07, 6.45) is 3.45. The molecule has 0 fully saturated rings. The molecule has 0 spiro atoms. The van der Waals surface area contributed by atoms with Crippen molar-refractivity contribution in [2.75, 3.05) is 38.6 Å². The minimum absolute atomic E-state index is 0.250. The van der Waals surface area contributed by atoms with E-state index in [1.807, 2.05) is 6.07 Å². The van der Waals surface area contributed by atoms with Crippen LogP contribution in [0.3, 0.4) is 0 Å². The highest BCUT2D eigenvalue weighted by Gasteiger charge is 2.10. The van der Waals surface area contributed by atoms with Crippen molar-refractivity contribution in [3.05, 3.63) is 66.2 Å². The first kappa shape index (κ1) is 19.5. The second-order valence-corrected chi connectivity index (χ2v) is 6.95. The van der Waals surface area contributed by atoms with Crippen LogP contribution in [-0.2, 0) is 6.42 Å². The summed E-state index contributed by atoms with van der Waals surface area (Å²) in [5.74, 6) is 0. The molecule has 0 radical (unpaired) electrons. The Balaban J connectivity index is 1.81. The maximum absolute atomic E-state index is 10.4. The topological polar surface area (TPSA) is 26.7 Å². The average Bonchev–Trinajstić information content (AvgIpc) is 2.64. The maximum atomic E-state index is 10.4. The predicted octanol–water partition coefficient (Wildman–Crippen LogP) is 3.83. The molecule has 0 amide bonds. The molecular formula is C22H32N2O. The van der Waals surface area contributed by atoms with Crippen LogP contribution in [0, 0.1) is 0 Å². The van der Waals surface area contributed by atoms with Crippen LogP contribution in [-0.4, -0.2) is 49.8 Å². The Morgan fingerprint density at radius 1 is 0.800 bits per heavy atom. The van der Waals surface area contributed by atoms with E-state index in [1.54, 1.807) is 0 Å². The van der Waals surface area contributed by atoms with Gasteiger partial charge in [-0.3, -0.25) is 0 Å². The van der Waals surface area contributed by atoms with Crippen LogP contribution >= 0.6 is 0 Å². The molecule has 1 unspecified atom stereocenters. The lowest BCUT2D eigenvalue weighted by Gasteiger charge is -2.26. The largest absolute Gasteiger partial charge is 0.393 e. The molecule has 25 heavy (non-hydrogen) atoms. The number of aliphatic hydroxyl groups excluding tert-OH is 1. The van der Waals surface area contributed by atoms with Gasteiger partial charge < -0.3 is 14.9 Å². The first-order valence-electron chi connectivity index (χ1n) is 9.32. The first-order chi connectivity index (χ1) is 12.1. The van der Waals surface area contributed by atoms with Gasteiger partial charge in [0.05, 0.1) is 6.10 Å². The number of hydrogen-bond acceptors (Lipinski definition) is 3. The van der Waals surface area contributed by atoms with Crippen molar-refractivity contribution in [2.45, 2.75) is 31.8 Å². The number of nitrogens with zero attached hydrogens (tertiary/aromatic N) is 2. The quantitative estimate of drug-likeness (QED) is 0.673. The number of aliphatic hydroxyl groups is 1. The molecule has 0 saturated heterocycles. The Hall–Kier alpha value is -1.84. The number of hydrogen-bond donors (Lipinski definition) is 1. The van der Waals surface area contributed by atoms with Crippen molar-refractivity contribution in [1.82, 2.24) is 4.90 Å². The molecule has 2 aromatic carbocycles. The second-order valence-electron chi connectivity index (χ2n) is 6.95. The van der Waals surface area contributed by atoms with Crippen molar-refractivity contribution in [2.24, 2.45) is 0 Å². The number of para-hydroxylation sites is 1. The molecule has 0 aliphatic heterocycles. The van der Waals surface area contributed by atoms with Gasteiger partial charge in [-0.25, -0.2) is 0 Å². The van der Waals surface area contributed by atoms with E-state index in [1.165, 1.54) is 11.3 Å². The van der Waals surface area contributed by atoms with E-state index in [9.17, 15) is 5.11 Å². The third kappa shape index (κ3) is 7.72. The van der Waals surface area contributed by atoms with Crippen LogP contribution in [0.2, 0.25) is 0 Å². The van der Waals surface area contributed by atoms with Crippen molar-refractivity contribution in [3.8, 4) is 0 Å². The van der Waals surface area contributed by atoms with Crippen LogP contribution in [0.25, 0.3) is 0 Å². The molecule has 0 bridgehead atoms. The molecule has 0 aliphatic rings. The van der Waals surface area contributed by atoms with Crippen LogP contribution < -0.4 is 4.90 Å². The summed E-state index contributed by atoms with van der Waals surface area (Å²) >= 11 is 0. The zero-order valence-electron chi connectivity index (χ0n) is 15.6. The Morgan fingerprint density at radius 2 is 1.44 bits per heavy atom. The zero-order chi connectivity index (χ0) is 17.9. The van der Waals surface area contributed by atoms with Crippen molar-refractivity contribution >= 4 is 5.69 Å². The van der Waals surface area contributed by atoms with Gasteiger partial charge in [0.1, 0.15) is 0 Å². The third-order valence-electron chi connectivity index (χ3n) is 4.50. The molecule has 2 aromatic rings. The summed E-state index contributed by atoms with van der Waals surface area (Å²) in [5.41, 5.74) is 2.55. The van der Waals surface area contributed by atoms with Crippen LogP contribution in [0.15, 0.2) is 60.7 Å². The predicted molar refractivity (Wildman–Crippen MR) is 107 cm³/mol. The highest BCUT2D eigenvalue weighted by atomic mass is 16.3. The molecule has 2 rings (SSSR count). The van der Waals surface area contributed by atoms with Gasteiger partial charge in [-0.2, -0.15) is 0 Å². The van der Waals surface area contributed by atoms with Gasteiger partial charge in [0.2, 0.25) is 0 Å². The normalized spacial score (nSPS) is 12.3. The first-order valence-corrected chi connectivity index (χ1v) is 9.32. The minimum Gasteiger partial charge on any atom is -0.393 e. The smallest absolute Gasteiger partial charge is 0.0560 e. The molecule has 0 heterocycles. The van der Waals surface area contributed by atoms with Crippen molar-refractivity contribution in [3.63, 3.8) is 0 Å². The molecule has 3 heteroatoms. The maximum Gasteiger partial charge on any atom is 0.0560 e. The minimum atomic E-state index is -0.250. The van der Waals surface area contributed by atoms with Crippen molar-refractivity contribution < 1.29 is 5.11 Å². The van der Waals surface area contributed by atoms with Crippen LogP contribution in [0.1, 0.15) is 24.8 Å². The Morgan fingerprint density at radius 3 is 2.08 bits per heavy atom. The van der Waals surface area contributed by atoms with Crippen molar-refractivity contribution in [1.29, 1.82) is 0 Å². The summed E-state index contributed by atoms with van der Waals surface area (Å²) in [6, 6.07) is 20.9. The molecular weight excluding hydrogens is 308 g/mol. The van der Waals surface area contributed by atoms with Gasteiger partial charge in [-0.05, 0) is 64.0 Å². The SMILES string of the molecule is CN(C)CCCN(CCC(O)CCc1ccccc1)c1ccccc1. The lowest BCUT2D eigenvalue weighted by atomic mass is 10.0. The standard InChI is InChI=1S/C22H32N2O/c1-23(2)17-9-18-24(21-12-7-4-8-13-21)19-16-22(25)15-14-20-10-5-3-6-11-20/h3-8,10-13,22,25H,9,14-19H2,1-2H3. The van der Waals surface area contributed by atoms with Crippen LogP contribution in [0.4, 0.5) is 5.69 Å². The fraction of sp³-hybridized carbons (Fsp3) is 0.455. The molecule has 0 aliphatic carbocycles. The highest BCUT2D eigenvalue weighted by molar-refractivity contribution is 5.45. The fourth-order valence-electron chi connectivity index (χ4n) is 3.01.